The zero-order valence-corrected chi connectivity index (χ0v) is 21.5. The molecule has 2 aromatic carbocycles. The first-order valence-electron chi connectivity index (χ1n) is 12.9. The number of methoxy groups -OCH3 is 1. The Morgan fingerprint density at radius 2 is 1.95 bits per heavy atom. The van der Waals surface area contributed by atoms with Crippen molar-refractivity contribution in [1.29, 1.82) is 0 Å². The van der Waals surface area contributed by atoms with Gasteiger partial charge in [0, 0.05) is 17.7 Å². The van der Waals surface area contributed by atoms with Gasteiger partial charge in [-0.05, 0) is 61.4 Å². The third kappa shape index (κ3) is 4.50. The van der Waals surface area contributed by atoms with Crippen LogP contribution in [-0.2, 0) is 11.3 Å². The van der Waals surface area contributed by atoms with Crippen LogP contribution in [0.25, 0.3) is 21.9 Å². The van der Waals surface area contributed by atoms with Gasteiger partial charge < -0.3 is 19.4 Å². The van der Waals surface area contributed by atoms with Crippen LogP contribution in [0.1, 0.15) is 49.7 Å². The van der Waals surface area contributed by atoms with Crippen molar-refractivity contribution in [2.24, 2.45) is 0 Å². The molecular formula is C29H30N6O3. The Morgan fingerprint density at radius 1 is 1.11 bits per heavy atom. The topological polar surface area (TPSA) is 96.1 Å². The van der Waals surface area contributed by atoms with Gasteiger partial charge in [-0.3, -0.25) is 9.36 Å². The fourth-order valence-corrected chi connectivity index (χ4v) is 5.14. The van der Waals surface area contributed by atoms with Crippen LogP contribution in [0.5, 0.6) is 5.75 Å². The molecule has 9 heteroatoms. The summed E-state index contributed by atoms with van der Waals surface area (Å²) in [5, 5.41) is 5.10. The van der Waals surface area contributed by atoms with Crippen LogP contribution in [0.3, 0.4) is 0 Å². The summed E-state index contributed by atoms with van der Waals surface area (Å²) in [4.78, 5) is 27.3. The third-order valence-electron chi connectivity index (χ3n) is 7.17. The number of imidazole rings is 1. The van der Waals surface area contributed by atoms with Gasteiger partial charge >= 0.3 is 0 Å². The number of hydrogen-bond donors (Lipinski definition) is 1. The molecule has 0 radical (unpaired) electrons. The number of aromatic nitrogens is 5. The molecule has 1 aliphatic heterocycles. The lowest BCUT2D eigenvalue weighted by molar-refractivity contribution is -0.0298. The summed E-state index contributed by atoms with van der Waals surface area (Å²) >= 11 is 0. The Balaban J connectivity index is 1.37. The lowest BCUT2D eigenvalue weighted by atomic mass is 10.1. The highest BCUT2D eigenvalue weighted by Crippen LogP contribution is 2.29. The van der Waals surface area contributed by atoms with E-state index in [4.69, 9.17) is 9.47 Å². The van der Waals surface area contributed by atoms with Crippen molar-refractivity contribution >= 4 is 27.8 Å². The summed E-state index contributed by atoms with van der Waals surface area (Å²) in [5.41, 5.74) is 3.24. The van der Waals surface area contributed by atoms with Crippen LogP contribution < -0.4 is 15.6 Å². The first-order valence-corrected chi connectivity index (χ1v) is 12.9. The van der Waals surface area contributed by atoms with Crippen molar-refractivity contribution in [3.63, 3.8) is 0 Å². The first kappa shape index (κ1) is 24.1. The molecule has 9 nitrogen and oxygen atoms in total. The van der Waals surface area contributed by atoms with Crippen LogP contribution in [-0.4, -0.2) is 37.8 Å². The van der Waals surface area contributed by atoms with Crippen LogP contribution in [0.2, 0.25) is 0 Å². The third-order valence-corrected chi connectivity index (χ3v) is 7.17. The zero-order chi connectivity index (χ0) is 26.1. The van der Waals surface area contributed by atoms with E-state index in [9.17, 15) is 4.79 Å². The van der Waals surface area contributed by atoms with E-state index in [1.54, 1.807) is 19.8 Å². The SMILES string of the molecule is COc1ccc(Cn2c([C@H](C)Nc3ncnc4c3ncn4C3CCCCO3)cc3ccccc3c2=O)cc1. The summed E-state index contributed by atoms with van der Waals surface area (Å²) < 4.78 is 15.1. The van der Waals surface area contributed by atoms with E-state index < -0.39 is 0 Å². The number of nitrogens with zero attached hydrogens (tertiary/aromatic N) is 5. The average molecular weight is 511 g/mol. The lowest BCUT2D eigenvalue weighted by Crippen LogP contribution is -2.27. The highest BCUT2D eigenvalue weighted by atomic mass is 16.5. The Bertz CT molecular complexity index is 1640. The number of ether oxygens (including phenoxy) is 2. The van der Waals surface area contributed by atoms with Crippen molar-refractivity contribution in [3.05, 3.63) is 88.9 Å². The maximum atomic E-state index is 13.7. The van der Waals surface area contributed by atoms with Crippen molar-refractivity contribution in [2.75, 3.05) is 19.0 Å². The predicted molar refractivity (Wildman–Crippen MR) is 147 cm³/mol. The number of pyridine rings is 1. The quantitative estimate of drug-likeness (QED) is 0.327. The molecule has 1 aliphatic rings. The van der Waals surface area contributed by atoms with Crippen LogP contribution in [0, 0.1) is 0 Å². The standard InChI is InChI=1S/C29H30N6O3/c1-19(33-27-26-28(31-17-30-27)35(18-32-26)25-9-5-6-14-38-25)24-15-21-7-3-4-8-23(21)29(36)34(24)16-20-10-12-22(37-2)13-11-20/h3-4,7-8,10-13,15,17-19,25H,5-6,9,14,16H2,1-2H3,(H,30,31,33)/t19-,25?/m0/s1. The van der Waals surface area contributed by atoms with Gasteiger partial charge in [0.25, 0.3) is 5.56 Å². The molecule has 0 bridgehead atoms. The highest BCUT2D eigenvalue weighted by molar-refractivity contribution is 5.84. The van der Waals surface area contributed by atoms with Gasteiger partial charge in [-0.1, -0.05) is 30.3 Å². The maximum absolute atomic E-state index is 13.7. The molecule has 1 saturated heterocycles. The molecule has 194 valence electrons. The number of nitrogens with one attached hydrogen (secondary N) is 1. The normalized spacial score (nSPS) is 16.5. The zero-order valence-electron chi connectivity index (χ0n) is 21.5. The molecule has 0 aliphatic carbocycles. The minimum Gasteiger partial charge on any atom is -0.497 e. The van der Waals surface area contributed by atoms with Gasteiger partial charge in [0.05, 0.1) is 26.0 Å². The molecule has 0 spiro atoms. The monoisotopic (exact) mass is 510 g/mol. The Labute approximate surface area is 220 Å². The molecule has 1 fully saturated rings. The van der Waals surface area contributed by atoms with E-state index in [-0.39, 0.29) is 17.8 Å². The number of fused-ring (bicyclic) bond motifs is 2. The van der Waals surface area contributed by atoms with Crippen LogP contribution in [0.4, 0.5) is 5.82 Å². The maximum Gasteiger partial charge on any atom is 0.259 e. The van der Waals surface area contributed by atoms with Gasteiger partial charge in [0.2, 0.25) is 0 Å². The minimum absolute atomic E-state index is 0.0332. The molecule has 2 atom stereocenters. The van der Waals surface area contributed by atoms with Gasteiger partial charge in [-0.15, -0.1) is 0 Å². The first-order chi connectivity index (χ1) is 18.6. The summed E-state index contributed by atoms with van der Waals surface area (Å²) in [6.45, 7) is 3.20. The molecule has 5 aromatic rings. The smallest absolute Gasteiger partial charge is 0.259 e. The largest absolute Gasteiger partial charge is 0.497 e. The van der Waals surface area contributed by atoms with Gasteiger partial charge in [0.1, 0.15) is 18.3 Å². The number of benzene rings is 2. The molecule has 4 heterocycles. The lowest BCUT2D eigenvalue weighted by Gasteiger charge is -2.24. The average Bonchev–Trinajstić information content (AvgIpc) is 3.40. The molecule has 0 amide bonds. The van der Waals surface area contributed by atoms with Crippen molar-refractivity contribution in [1.82, 2.24) is 24.1 Å². The summed E-state index contributed by atoms with van der Waals surface area (Å²) in [6.07, 6.45) is 6.38. The molecule has 38 heavy (non-hydrogen) atoms. The molecule has 1 unspecified atom stereocenters. The number of anilines is 1. The number of rotatable bonds is 7. The number of hydrogen-bond acceptors (Lipinski definition) is 7. The van der Waals surface area contributed by atoms with E-state index in [1.807, 2.05) is 64.6 Å². The van der Waals surface area contributed by atoms with Crippen LogP contribution >= 0.6 is 0 Å². The fraction of sp³-hybridized carbons (Fsp3) is 0.310. The second-order valence-corrected chi connectivity index (χ2v) is 9.63. The molecular weight excluding hydrogens is 480 g/mol. The van der Waals surface area contributed by atoms with Gasteiger partial charge in [0.15, 0.2) is 17.0 Å². The molecule has 0 saturated carbocycles. The summed E-state index contributed by atoms with van der Waals surface area (Å²) in [6, 6.07) is 17.3. The van der Waals surface area contributed by atoms with Crippen molar-refractivity contribution in [3.8, 4) is 5.75 Å². The fourth-order valence-electron chi connectivity index (χ4n) is 5.14. The van der Waals surface area contributed by atoms with Crippen molar-refractivity contribution in [2.45, 2.75) is 45.0 Å². The van der Waals surface area contributed by atoms with E-state index in [0.29, 0.717) is 23.3 Å². The Kier molecular flexibility index (Phi) is 6.51. The Morgan fingerprint density at radius 3 is 2.74 bits per heavy atom. The molecule has 6 rings (SSSR count). The summed E-state index contributed by atoms with van der Waals surface area (Å²) in [7, 11) is 1.64. The minimum atomic E-state index is -0.236. The molecule has 3 aromatic heterocycles. The predicted octanol–water partition coefficient (Wildman–Crippen LogP) is 5.07. The van der Waals surface area contributed by atoms with E-state index in [2.05, 4.69) is 26.3 Å². The van der Waals surface area contributed by atoms with Gasteiger partial charge in [-0.2, -0.15) is 0 Å². The van der Waals surface area contributed by atoms with E-state index >= 15 is 0 Å². The van der Waals surface area contributed by atoms with Gasteiger partial charge in [-0.25, -0.2) is 15.0 Å². The van der Waals surface area contributed by atoms with E-state index in [0.717, 1.165) is 53.9 Å². The second kappa shape index (κ2) is 10.3. The second-order valence-electron chi connectivity index (χ2n) is 9.63. The highest BCUT2D eigenvalue weighted by Gasteiger charge is 2.22. The Hall–Kier alpha value is -4.24. The summed E-state index contributed by atoms with van der Waals surface area (Å²) in [5.74, 6) is 1.40. The van der Waals surface area contributed by atoms with E-state index in [1.165, 1.54) is 0 Å². The molecule has 1 N–H and O–H groups in total. The van der Waals surface area contributed by atoms with Crippen molar-refractivity contribution < 1.29 is 9.47 Å². The van der Waals surface area contributed by atoms with Crippen LogP contribution in [0.15, 0.2) is 72.0 Å².